The van der Waals surface area contributed by atoms with E-state index in [1.165, 1.54) is 32.1 Å². The molecule has 1 aliphatic carbocycles. The lowest BCUT2D eigenvalue weighted by Crippen LogP contribution is -2.25. The first-order valence-electron chi connectivity index (χ1n) is 6.94. The maximum Gasteiger partial charge on any atom is 0.323 e. The van der Waals surface area contributed by atoms with Crippen LogP contribution in [-0.2, 0) is 0 Å². The zero-order chi connectivity index (χ0) is 13.5. The molecule has 4 heteroatoms. The Balaban J connectivity index is 1.96. The van der Waals surface area contributed by atoms with Crippen molar-refractivity contribution in [1.82, 2.24) is 9.97 Å². The van der Waals surface area contributed by atoms with Gasteiger partial charge in [0.05, 0.1) is 16.4 Å². The number of aromatic nitrogens is 2. The van der Waals surface area contributed by atoms with Crippen LogP contribution in [0.4, 0.5) is 0 Å². The molecule has 2 aromatic rings. The SMILES string of the molecule is CC1(C(Cl)c2ccc3[nH]c(=O)[nH]c3c2)CCCCC1. The van der Waals surface area contributed by atoms with Gasteiger partial charge in [-0.3, -0.25) is 0 Å². The molecule has 102 valence electrons. The smallest absolute Gasteiger partial charge is 0.306 e. The van der Waals surface area contributed by atoms with Crippen molar-refractivity contribution in [3.8, 4) is 0 Å². The Labute approximate surface area is 117 Å². The number of rotatable bonds is 2. The van der Waals surface area contributed by atoms with Gasteiger partial charge in [0.25, 0.3) is 0 Å². The number of fused-ring (bicyclic) bond motifs is 1. The first kappa shape index (κ1) is 12.8. The quantitative estimate of drug-likeness (QED) is 0.798. The third-order valence-electron chi connectivity index (χ3n) is 4.44. The molecular formula is C15H19ClN2O. The summed E-state index contributed by atoms with van der Waals surface area (Å²) in [5, 5.41) is 0.00982. The van der Waals surface area contributed by atoms with Crippen LogP contribution in [0.1, 0.15) is 50.0 Å². The molecular weight excluding hydrogens is 260 g/mol. The van der Waals surface area contributed by atoms with E-state index in [2.05, 4.69) is 16.9 Å². The van der Waals surface area contributed by atoms with Crippen LogP contribution in [0.5, 0.6) is 0 Å². The van der Waals surface area contributed by atoms with Crippen molar-refractivity contribution in [1.29, 1.82) is 0 Å². The molecule has 1 atom stereocenters. The number of aromatic amines is 2. The van der Waals surface area contributed by atoms with Crippen LogP contribution in [0.3, 0.4) is 0 Å². The van der Waals surface area contributed by atoms with Gasteiger partial charge in [-0.15, -0.1) is 11.6 Å². The molecule has 1 heterocycles. The number of hydrogen-bond acceptors (Lipinski definition) is 1. The van der Waals surface area contributed by atoms with Gasteiger partial charge in [-0.05, 0) is 36.0 Å². The third-order valence-corrected chi connectivity index (χ3v) is 5.22. The van der Waals surface area contributed by atoms with Gasteiger partial charge in [0.2, 0.25) is 0 Å². The Morgan fingerprint density at radius 2 is 1.84 bits per heavy atom. The van der Waals surface area contributed by atoms with Crippen LogP contribution in [-0.4, -0.2) is 9.97 Å². The summed E-state index contributed by atoms with van der Waals surface area (Å²) >= 11 is 6.73. The largest absolute Gasteiger partial charge is 0.323 e. The molecule has 1 saturated carbocycles. The van der Waals surface area contributed by atoms with Crippen molar-refractivity contribution < 1.29 is 0 Å². The van der Waals surface area contributed by atoms with Crippen molar-refractivity contribution >= 4 is 22.6 Å². The molecule has 0 saturated heterocycles. The van der Waals surface area contributed by atoms with Crippen molar-refractivity contribution in [2.45, 2.75) is 44.4 Å². The summed E-state index contributed by atoms with van der Waals surface area (Å²) in [6, 6.07) is 5.97. The van der Waals surface area contributed by atoms with Gasteiger partial charge in [-0.25, -0.2) is 4.79 Å². The molecule has 0 amide bonds. The summed E-state index contributed by atoms with van der Waals surface area (Å²) < 4.78 is 0. The lowest BCUT2D eigenvalue weighted by atomic mass is 9.71. The average Bonchev–Trinajstić information content (AvgIpc) is 2.77. The Bertz CT molecular complexity index is 637. The van der Waals surface area contributed by atoms with Crippen LogP contribution in [0, 0.1) is 5.41 Å². The van der Waals surface area contributed by atoms with E-state index in [1.54, 1.807) is 0 Å². The van der Waals surface area contributed by atoms with Crippen LogP contribution in [0.25, 0.3) is 11.0 Å². The Kier molecular flexibility index (Phi) is 3.17. The van der Waals surface area contributed by atoms with E-state index in [0.29, 0.717) is 0 Å². The molecule has 3 nitrogen and oxygen atoms in total. The molecule has 1 unspecified atom stereocenters. The minimum atomic E-state index is -0.165. The van der Waals surface area contributed by atoms with Crippen molar-refractivity contribution in [3.63, 3.8) is 0 Å². The van der Waals surface area contributed by atoms with E-state index < -0.39 is 0 Å². The molecule has 0 spiro atoms. The molecule has 1 aliphatic rings. The summed E-state index contributed by atoms with van der Waals surface area (Å²) in [6.07, 6.45) is 6.22. The molecule has 2 N–H and O–H groups in total. The highest BCUT2D eigenvalue weighted by Gasteiger charge is 2.35. The Morgan fingerprint density at radius 3 is 2.58 bits per heavy atom. The topological polar surface area (TPSA) is 48.6 Å². The molecule has 0 radical (unpaired) electrons. The van der Waals surface area contributed by atoms with Gasteiger partial charge >= 0.3 is 5.69 Å². The van der Waals surface area contributed by atoms with E-state index in [9.17, 15) is 4.79 Å². The summed E-state index contributed by atoms with van der Waals surface area (Å²) in [5.74, 6) is 0. The second kappa shape index (κ2) is 4.71. The predicted octanol–water partition coefficient (Wildman–Crippen LogP) is 4.11. The lowest BCUT2D eigenvalue weighted by molar-refractivity contribution is 0.206. The first-order chi connectivity index (χ1) is 9.08. The summed E-state index contributed by atoms with van der Waals surface area (Å²) in [4.78, 5) is 16.8. The summed E-state index contributed by atoms with van der Waals surface area (Å²) in [7, 11) is 0. The zero-order valence-corrected chi connectivity index (χ0v) is 11.9. The second-order valence-electron chi connectivity index (χ2n) is 5.96. The maximum absolute atomic E-state index is 11.3. The van der Waals surface area contributed by atoms with Gasteiger partial charge in [-0.1, -0.05) is 32.3 Å². The highest BCUT2D eigenvalue weighted by molar-refractivity contribution is 6.21. The van der Waals surface area contributed by atoms with Crippen LogP contribution >= 0.6 is 11.6 Å². The van der Waals surface area contributed by atoms with Crippen molar-refractivity contribution in [2.24, 2.45) is 5.41 Å². The van der Waals surface area contributed by atoms with Crippen LogP contribution in [0.15, 0.2) is 23.0 Å². The standard InChI is InChI=1S/C15H19ClN2O/c1-15(7-3-2-4-8-15)13(16)10-5-6-11-12(9-10)18-14(19)17-11/h5-6,9,13H,2-4,7-8H2,1H3,(H2,17,18,19). The van der Waals surface area contributed by atoms with E-state index in [1.807, 2.05) is 18.2 Å². The Hall–Kier alpha value is -1.22. The Morgan fingerprint density at radius 1 is 1.16 bits per heavy atom. The van der Waals surface area contributed by atoms with Crippen molar-refractivity contribution in [3.05, 3.63) is 34.2 Å². The second-order valence-corrected chi connectivity index (χ2v) is 6.40. The average molecular weight is 279 g/mol. The van der Waals surface area contributed by atoms with Gasteiger partial charge in [0.1, 0.15) is 0 Å². The molecule has 3 rings (SSSR count). The minimum Gasteiger partial charge on any atom is -0.306 e. The summed E-state index contributed by atoms with van der Waals surface area (Å²) in [5.41, 5.74) is 2.79. The van der Waals surface area contributed by atoms with E-state index in [4.69, 9.17) is 11.6 Å². The van der Waals surface area contributed by atoms with Gasteiger partial charge in [0.15, 0.2) is 0 Å². The van der Waals surface area contributed by atoms with E-state index in [-0.39, 0.29) is 16.5 Å². The number of halogens is 1. The number of alkyl halides is 1. The maximum atomic E-state index is 11.3. The van der Waals surface area contributed by atoms with E-state index >= 15 is 0 Å². The minimum absolute atomic E-state index is 0.00982. The molecule has 1 fully saturated rings. The monoisotopic (exact) mass is 278 g/mol. The fourth-order valence-electron chi connectivity index (χ4n) is 3.22. The number of nitrogens with one attached hydrogen (secondary N) is 2. The molecule has 0 aliphatic heterocycles. The highest BCUT2D eigenvalue weighted by Crippen LogP contribution is 2.49. The van der Waals surface area contributed by atoms with Gasteiger partial charge < -0.3 is 9.97 Å². The van der Waals surface area contributed by atoms with Gasteiger partial charge in [-0.2, -0.15) is 0 Å². The number of imidazole rings is 1. The van der Waals surface area contributed by atoms with E-state index in [0.717, 1.165) is 16.6 Å². The lowest BCUT2D eigenvalue weighted by Gasteiger charge is -2.37. The van der Waals surface area contributed by atoms with Crippen LogP contribution < -0.4 is 5.69 Å². The molecule has 1 aromatic heterocycles. The third kappa shape index (κ3) is 2.32. The van der Waals surface area contributed by atoms with Crippen molar-refractivity contribution in [2.75, 3.05) is 0 Å². The fraction of sp³-hybridized carbons (Fsp3) is 0.533. The van der Waals surface area contributed by atoms with Crippen LogP contribution in [0.2, 0.25) is 0 Å². The number of hydrogen-bond donors (Lipinski definition) is 2. The molecule has 1 aromatic carbocycles. The highest BCUT2D eigenvalue weighted by atomic mass is 35.5. The number of benzene rings is 1. The first-order valence-corrected chi connectivity index (χ1v) is 7.38. The fourth-order valence-corrected chi connectivity index (χ4v) is 3.58. The molecule has 0 bridgehead atoms. The number of H-pyrrole nitrogens is 2. The normalized spacial score (nSPS) is 20.5. The van der Waals surface area contributed by atoms with Gasteiger partial charge in [0, 0.05) is 0 Å². The predicted molar refractivity (Wildman–Crippen MR) is 78.7 cm³/mol. The summed E-state index contributed by atoms with van der Waals surface area (Å²) in [6.45, 7) is 2.29. The molecule has 19 heavy (non-hydrogen) atoms. The zero-order valence-electron chi connectivity index (χ0n) is 11.1.